The van der Waals surface area contributed by atoms with Gasteiger partial charge in [0.05, 0.1) is 0 Å². The highest BCUT2D eigenvalue weighted by Gasteiger charge is 2.23. The highest BCUT2D eigenvalue weighted by Crippen LogP contribution is 2.25. The summed E-state index contributed by atoms with van der Waals surface area (Å²) in [5.41, 5.74) is 2.93. The number of piperazine rings is 1. The predicted molar refractivity (Wildman–Crippen MR) is 117 cm³/mol. The van der Waals surface area contributed by atoms with Crippen LogP contribution in [0.1, 0.15) is 35.8 Å². The molecule has 1 aromatic heterocycles. The van der Waals surface area contributed by atoms with E-state index in [1.807, 2.05) is 47.4 Å². The van der Waals surface area contributed by atoms with Gasteiger partial charge in [-0.1, -0.05) is 50.2 Å². The fourth-order valence-electron chi connectivity index (χ4n) is 3.91. The maximum absolute atomic E-state index is 12.8. The van der Waals surface area contributed by atoms with Crippen LogP contribution in [-0.4, -0.2) is 60.0 Å². The third kappa shape index (κ3) is 4.46. The maximum atomic E-state index is 12.8. The first kappa shape index (κ1) is 19.5. The first-order chi connectivity index (χ1) is 14.1. The summed E-state index contributed by atoms with van der Waals surface area (Å²) in [6.45, 7) is 9.16. The second kappa shape index (κ2) is 8.70. The van der Waals surface area contributed by atoms with Gasteiger partial charge in [-0.3, -0.25) is 9.69 Å². The average Bonchev–Trinajstić information content (AvgIpc) is 3.18. The smallest absolute Gasteiger partial charge is 0.270 e. The summed E-state index contributed by atoms with van der Waals surface area (Å²) < 4.78 is 6.05. The summed E-state index contributed by atoms with van der Waals surface area (Å²) in [7, 11) is 0. The number of carbonyl (C=O) groups excluding carboxylic acids is 1. The van der Waals surface area contributed by atoms with Crippen LogP contribution in [-0.2, 0) is 0 Å². The van der Waals surface area contributed by atoms with Crippen molar-refractivity contribution in [2.24, 2.45) is 0 Å². The molecule has 1 amide bonds. The molecule has 0 aliphatic carbocycles. The fourth-order valence-corrected chi connectivity index (χ4v) is 3.91. The van der Waals surface area contributed by atoms with Gasteiger partial charge in [0.1, 0.15) is 18.1 Å². The summed E-state index contributed by atoms with van der Waals surface area (Å²) in [5, 5.41) is 1.08. The lowest BCUT2D eigenvalue weighted by Crippen LogP contribution is -2.49. The molecule has 2 heterocycles. The van der Waals surface area contributed by atoms with Gasteiger partial charge in [-0.05, 0) is 29.7 Å². The zero-order chi connectivity index (χ0) is 20.2. The number of benzene rings is 2. The van der Waals surface area contributed by atoms with Crippen LogP contribution >= 0.6 is 0 Å². The van der Waals surface area contributed by atoms with Gasteiger partial charge in [0.2, 0.25) is 0 Å². The SMILES string of the molecule is CC(C)c1ccccc1OCCN1CCN(C(=O)c2cc3ccccc3[nH]2)CC1. The largest absolute Gasteiger partial charge is 0.492 e. The van der Waals surface area contributed by atoms with Crippen molar-refractivity contribution in [3.8, 4) is 5.75 Å². The molecular weight excluding hydrogens is 362 g/mol. The molecule has 5 nitrogen and oxygen atoms in total. The standard InChI is InChI=1S/C24H29N3O2/c1-18(2)20-8-4-6-10-23(20)29-16-15-26-11-13-27(14-12-26)24(28)22-17-19-7-3-5-9-21(19)25-22/h3-10,17-18,25H,11-16H2,1-2H3. The number of nitrogens with zero attached hydrogens (tertiary/aromatic N) is 2. The molecule has 1 N–H and O–H groups in total. The molecule has 2 aromatic carbocycles. The number of ether oxygens (including phenoxy) is 1. The molecule has 1 saturated heterocycles. The lowest BCUT2D eigenvalue weighted by Gasteiger charge is -2.34. The van der Waals surface area contributed by atoms with Gasteiger partial charge in [0.15, 0.2) is 0 Å². The molecule has 0 saturated carbocycles. The zero-order valence-electron chi connectivity index (χ0n) is 17.2. The van der Waals surface area contributed by atoms with Crippen molar-refractivity contribution in [1.82, 2.24) is 14.8 Å². The van der Waals surface area contributed by atoms with Gasteiger partial charge >= 0.3 is 0 Å². The van der Waals surface area contributed by atoms with E-state index in [4.69, 9.17) is 4.74 Å². The molecular formula is C24H29N3O2. The van der Waals surface area contributed by atoms with Crippen molar-refractivity contribution in [3.05, 3.63) is 65.9 Å². The van der Waals surface area contributed by atoms with Crippen LogP contribution in [0.2, 0.25) is 0 Å². The van der Waals surface area contributed by atoms with Crippen LogP contribution in [0.4, 0.5) is 0 Å². The van der Waals surface area contributed by atoms with Gasteiger partial charge < -0.3 is 14.6 Å². The minimum Gasteiger partial charge on any atom is -0.492 e. The lowest BCUT2D eigenvalue weighted by atomic mass is 10.0. The van der Waals surface area contributed by atoms with E-state index in [2.05, 4.69) is 35.9 Å². The first-order valence-corrected chi connectivity index (χ1v) is 10.4. The van der Waals surface area contributed by atoms with Gasteiger partial charge in [-0.25, -0.2) is 0 Å². The maximum Gasteiger partial charge on any atom is 0.270 e. The van der Waals surface area contributed by atoms with Crippen LogP contribution in [0, 0.1) is 0 Å². The van der Waals surface area contributed by atoms with E-state index < -0.39 is 0 Å². The molecule has 0 unspecified atom stereocenters. The Morgan fingerprint density at radius 3 is 2.52 bits per heavy atom. The summed E-state index contributed by atoms with van der Waals surface area (Å²) in [6.07, 6.45) is 0. The number of para-hydroxylation sites is 2. The Hall–Kier alpha value is -2.79. The summed E-state index contributed by atoms with van der Waals surface area (Å²) in [5.74, 6) is 1.52. The molecule has 1 fully saturated rings. The molecule has 1 aliphatic heterocycles. The minimum absolute atomic E-state index is 0.0861. The third-order valence-corrected chi connectivity index (χ3v) is 5.63. The van der Waals surface area contributed by atoms with E-state index in [9.17, 15) is 4.79 Å². The molecule has 3 aromatic rings. The molecule has 1 aliphatic rings. The van der Waals surface area contributed by atoms with Crippen molar-refractivity contribution in [3.63, 3.8) is 0 Å². The van der Waals surface area contributed by atoms with E-state index >= 15 is 0 Å². The molecule has 0 atom stereocenters. The number of rotatable bonds is 6. The summed E-state index contributed by atoms with van der Waals surface area (Å²) in [6, 6.07) is 18.2. The van der Waals surface area contributed by atoms with Crippen LogP contribution in [0.5, 0.6) is 5.75 Å². The van der Waals surface area contributed by atoms with Crippen LogP contribution < -0.4 is 4.74 Å². The fraction of sp³-hybridized carbons (Fsp3) is 0.375. The number of amides is 1. The van der Waals surface area contributed by atoms with E-state index in [1.54, 1.807) is 0 Å². The van der Waals surface area contributed by atoms with Crippen LogP contribution in [0.25, 0.3) is 10.9 Å². The highest BCUT2D eigenvalue weighted by atomic mass is 16.5. The molecule has 0 spiro atoms. The average molecular weight is 392 g/mol. The summed E-state index contributed by atoms with van der Waals surface area (Å²) >= 11 is 0. The van der Waals surface area contributed by atoms with Gasteiger partial charge in [-0.2, -0.15) is 0 Å². The number of H-pyrrole nitrogens is 1. The second-order valence-electron chi connectivity index (χ2n) is 7.95. The Bertz CT molecular complexity index is 938. The number of hydrogen-bond donors (Lipinski definition) is 1. The molecule has 4 rings (SSSR count). The number of hydrogen-bond acceptors (Lipinski definition) is 3. The van der Waals surface area contributed by atoms with E-state index in [-0.39, 0.29) is 5.91 Å². The molecule has 29 heavy (non-hydrogen) atoms. The third-order valence-electron chi connectivity index (χ3n) is 5.63. The van der Waals surface area contributed by atoms with Gasteiger partial charge in [0.25, 0.3) is 5.91 Å². The van der Waals surface area contributed by atoms with Crippen molar-refractivity contribution < 1.29 is 9.53 Å². The van der Waals surface area contributed by atoms with Crippen molar-refractivity contribution in [1.29, 1.82) is 0 Å². The number of nitrogens with one attached hydrogen (secondary N) is 1. The van der Waals surface area contributed by atoms with E-state index in [1.165, 1.54) is 5.56 Å². The van der Waals surface area contributed by atoms with Crippen molar-refractivity contribution >= 4 is 16.8 Å². The first-order valence-electron chi connectivity index (χ1n) is 10.4. The molecule has 0 bridgehead atoms. The molecule has 152 valence electrons. The Morgan fingerprint density at radius 2 is 1.76 bits per heavy atom. The normalized spacial score (nSPS) is 15.2. The highest BCUT2D eigenvalue weighted by molar-refractivity contribution is 5.98. The Kier molecular flexibility index (Phi) is 5.86. The Morgan fingerprint density at radius 1 is 1.03 bits per heavy atom. The van der Waals surface area contributed by atoms with Crippen LogP contribution in [0.3, 0.4) is 0 Å². The van der Waals surface area contributed by atoms with Gasteiger partial charge in [0, 0.05) is 43.6 Å². The van der Waals surface area contributed by atoms with Crippen molar-refractivity contribution in [2.45, 2.75) is 19.8 Å². The quantitative estimate of drug-likeness (QED) is 0.687. The molecule has 0 radical (unpaired) electrons. The van der Waals surface area contributed by atoms with E-state index in [0.29, 0.717) is 18.2 Å². The number of fused-ring (bicyclic) bond motifs is 1. The number of carbonyl (C=O) groups is 1. The summed E-state index contributed by atoms with van der Waals surface area (Å²) in [4.78, 5) is 20.4. The minimum atomic E-state index is 0.0861. The topological polar surface area (TPSA) is 48.6 Å². The van der Waals surface area contributed by atoms with E-state index in [0.717, 1.165) is 49.4 Å². The van der Waals surface area contributed by atoms with Crippen molar-refractivity contribution in [2.75, 3.05) is 39.3 Å². The Labute approximate surface area is 172 Å². The number of aromatic amines is 1. The zero-order valence-corrected chi connectivity index (χ0v) is 17.2. The molecule has 5 heteroatoms. The Balaban J connectivity index is 1.27. The van der Waals surface area contributed by atoms with Gasteiger partial charge in [-0.15, -0.1) is 0 Å². The number of aromatic nitrogens is 1. The predicted octanol–water partition coefficient (Wildman–Crippen LogP) is 4.13. The second-order valence-corrected chi connectivity index (χ2v) is 7.95. The van der Waals surface area contributed by atoms with Crippen LogP contribution in [0.15, 0.2) is 54.6 Å². The monoisotopic (exact) mass is 391 g/mol. The lowest BCUT2D eigenvalue weighted by molar-refractivity contribution is 0.0615.